The summed E-state index contributed by atoms with van der Waals surface area (Å²) in [6.45, 7) is 0. The molecular formula is C14H10IN3O3. The van der Waals surface area contributed by atoms with Crippen LogP contribution < -0.4 is 5.43 Å². The molecule has 0 fully saturated rings. The van der Waals surface area contributed by atoms with Crippen molar-refractivity contribution in [1.82, 2.24) is 5.43 Å². The van der Waals surface area contributed by atoms with E-state index in [-0.39, 0.29) is 11.6 Å². The summed E-state index contributed by atoms with van der Waals surface area (Å²) in [5.41, 5.74) is 3.12. The zero-order chi connectivity index (χ0) is 15.2. The Kier molecular flexibility index (Phi) is 4.99. The van der Waals surface area contributed by atoms with E-state index in [1.54, 1.807) is 36.4 Å². The molecule has 0 aliphatic carbocycles. The maximum absolute atomic E-state index is 11.9. The van der Waals surface area contributed by atoms with E-state index in [0.29, 0.717) is 11.1 Å². The first kappa shape index (κ1) is 15.1. The third kappa shape index (κ3) is 3.85. The Morgan fingerprint density at radius 1 is 1.19 bits per heavy atom. The number of hydrogen-bond donors (Lipinski definition) is 1. The highest BCUT2D eigenvalue weighted by atomic mass is 127. The lowest BCUT2D eigenvalue weighted by Crippen LogP contribution is -2.18. The van der Waals surface area contributed by atoms with Crippen molar-refractivity contribution in [1.29, 1.82) is 0 Å². The van der Waals surface area contributed by atoms with Crippen LogP contribution in [0.15, 0.2) is 53.6 Å². The number of halogens is 1. The largest absolute Gasteiger partial charge is 0.278 e. The lowest BCUT2D eigenvalue weighted by molar-refractivity contribution is -0.385. The minimum Gasteiger partial charge on any atom is -0.267 e. The van der Waals surface area contributed by atoms with Crippen LogP contribution in [0.3, 0.4) is 0 Å². The summed E-state index contributed by atoms with van der Waals surface area (Å²) in [6, 6.07) is 13.2. The SMILES string of the molecule is O=C(N/N=C\c1ccccc1[N+](=O)[O-])c1ccccc1I. The van der Waals surface area contributed by atoms with Crippen molar-refractivity contribution in [3.8, 4) is 0 Å². The molecular weight excluding hydrogens is 385 g/mol. The van der Waals surface area contributed by atoms with E-state index in [1.165, 1.54) is 12.3 Å². The number of carbonyl (C=O) groups excluding carboxylic acids is 1. The van der Waals surface area contributed by atoms with Crippen LogP contribution in [0.4, 0.5) is 5.69 Å². The molecule has 0 aromatic heterocycles. The zero-order valence-corrected chi connectivity index (χ0v) is 12.9. The molecule has 0 radical (unpaired) electrons. The van der Waals surface area contributed by atoms with E-state index in [0.717, 1.165) is 3.57 Å². The first-order valence-electron chi connectivity index (χ1n) is 5.91. The third-order valence-electron chi connectivity index (χ3n) is 2.62. The van der Waals surface area contributed by atoms with Gasteiger partial charge in [-0.15, -0.1) is 0 Å². The van der Waals surface area contributed by atoms with Crippen molar-refractivity contribution in [2.24, 2.45) is 5.10 Å². The highest BCUT2D eigenvalue weighted by molar-refractivity contribution is 14.1. The fourth-order valence-electron chi connectivity index (χ4n) is 1.63. The standard InChI is InChI=1S/C14H10IN3O3/c15-12-7-3-2-6-11(12)14(19)17-16-9-10-5-1-4-8-13(10)18(20)21/h1-9H,(H,17,19)/b16-9-. The van der Waals surface area contributed by atoms with Gasteiger partial charge in [0.2, 0.25) is 0 Å². The van der Waals surface area contributed by atoms with Gasteiger partial charge >= 0.3 is 0 Å². The van der Waals surface area contributed by atoms with Gasteiger partial charge in [0, 0.05) is 9.64 Å². The van der Waals surface area contributed by atoms with Gasteiger partial charge in [-0.25, -0.2) is 5.43 Å². The van der Waals surface area contributed by atoms with Gasteiger partial charge in [0.1, 0.15) is 0 Å². The van der Waals surface area contributed by atoms with Crippen molar-refractivity contribution in [2.45, 2.75) is 0 Å². The number of nitro groups is 1. The molecule has 0 unspecified atom stereocenters. The summed E-state index contributed by atoms with van der Waals surface area (Å²) >= 11 is 2.05. The summed E-state index contributed by atoms with van der Waals surface area (Å²) in [5.74, 6) is -0.366. The molecule has 6 nitrogen and oxygen atoms in total. The minimum absolute atomic E-state index is 0.0650. The van der Waals surface area contributed by atoms with Crippen molar-refractivity contribution >= 4 is 40.4 Å². The van der Waals surface area contributed by atoms with E-state index in [2.05, 4.69) is 33.1 Å². The molecule has 0 atom stereocenters. The number of nitrogens with one attached hydrogen (secondary N) is 1. The topological polar surface area (TPSA) is 84.6 Å². The van der Waals surface area contributed by atoms with Crippen molar-refractivity contribution < 1.29 is 9.72 Å². The van der Waals surface area contributed by atoms with Gasteiger partial charge in [0.15, 0.2) is 0 Å². The maximum atomic E-state index is 11.9. The molecule has 1 N–H and O–H groups in total. The molecule has 7 heteroatoms. The Labute approximate surface area is 134 Å². The number of para-hydroxylation sites is 1. The first-order chi connectivity index (χ1) is 10.1. The lowest BCUT2D eigenvalue weighted by Gasteiger charge is -2.02. The maximum Gasteiger partial charge on any atom is 0.278 e. The highest BCUT2D eigenvalue weighted by Crippen LogP contribution is 2.15. The van der Waals surface area contributed by atoms with Gasteiger partial charge in [-0.2, -0.15) is 5.10 Å². The quantitative estimate of drug-likeness (QED) is 0.374. The smallest absolute Gasteiger partial charge is 0.267 e. The van der Waals surface area contributed by atoms with Gasteiger partial charge in [0.05, 0.1) is 22.3 Å². The normalized spacial score (nSPS) is 10.5. The first-order valence-corrected chi connectivity index (χ1v) is 6.99. The van der Waals surface area contributed by atoms with Crippen LogP contribution in [0.5, 0.6) is 0 Å². The van der Waals surface area contributed by atoms with Gasteiger partial charge < -0.3 is 0 Å². The van der Waals surface area contributed by atoms with Crippen LogP contribution in [-0.4, -0.2) is 17.0 Å². The van der Waals surface area contributed by atoms with Gasteiger partial charge in [-0.05, 0) is 40.8 Å². The average Bonchev–Trinajstić information content (AvgIpc) is 2.48. The van der Waals surface area contributed by atoms with Crippen molar-refractivity contribution in [3.05, 3.63) is 73.3 Å². The predicted octanol–water partition coefficient (Wildman–Crippen LogP) is 2.96. The van der Waals surface area contributed by atoms with Crippen LogP contribution in [-0.2, 0) is 0 Å². The molecule has 0 aliphatic rings. The number of amides is 1. The van der Waals surface area contributed by atoms with Crippen LogP contribution in [0.2, 0.25) is 0 Å². The number of benzene rings is 2. The predicted molar refractivity (Wildman–Crippen MR) is 87.3 cm³/mol. The van der Waals surface area contributed by atoms with Gasteiger partial charge in [-0.1, -0.05) is 24.3 Å². The average molecular weight is 395 g/mol. The monoisotopic (exact) mass is 395 g/mol. The molecule has 0 heterocycles. The molecule has 2 aromatic carbocycles. The minimum atomic E-state index is -0.497. The zero-order valence-electron chi connectivity index (χ0n) is 10.7. The summed E-state index contributed by atoms with van der Waals surface area (Å²) in [7, 11) is 0. The van der Waals surface area contributed by atoms with Crippen LogP contribution in [0.1, 0.15) is 15.9 Å². The molecule has 2 aromatic rings. The second kappa shape index (κ2) is 6.93. The van der Waals surface area contributed by atoms with E-state index in [1.807, 2.05) is 6.07 Å². The number of carbonyl (C=O) groups is 1. The van der Waals surface area contributed by atoms with Crippen LogP contribution in [0, 0.1) is 13.7 Å². The summed E-state index contributed by atoms with van der Waals surface area (Å²) in [5, 5.41) is 14.6. The lowest BCUT2D eigenvalue weighted by atomic mass is 10.2. The number of nitrogens with zero attached hydrogens (tertiary/aromatic N) is 2. The van der Waals surface area contributed by atoms with Crippen molar-refractivity contribution in [2.75, 3.05) is 0 Å². The number of nitro benzene ring substituents is 1. The molecule has 1 amide bonds. The molecule has 0 saturated carbocycles. The summed E-state index contributed by atoms with van der Waals surface area (Å²) < 4.78 is 0.800. The number of hydrazone groups is 1. The number of rotatable bonds is 4. The summed E-state index contributed by atoms with van der Waals surface area (Å²) in [4.78, 5) is 22.3. The van der Waals surface area contributed by atoms with E-state index >= 15 is 0 Å². The second-order valence-corrected chi connectivity index (χ2v) is 5.16. The van der Waals surface area contributed by atoms with Crippen molar-refractivity contribution in [3.63, 3.8) is 0 Å². The Balaban J connectivity index is 2.12. The Morgan fingerprint density at radius 2 is 1.86 bits per heavy atom. The molecule has 0 spiro atoms. The van der Waals surface area contributed by atoms with E-state index < -0.39 is 4.92 Å². The van der Waals surface area contributed by atoms with Crippen LogP contribution in [0.25, 0.3) is 0 Å². The number of hydrogen-bond acceptors (Lipinski definition) is 4. The molecule has 0 aliphatic heterocycles. The van der Waals surface area contributed by atoms with Gasteiger partial charge in [-0.3, -0.25) is 14.9 Å². The molecule has 2 rings (SSSR count). The molecule has 0 bridgehead atoms. The fraction of sp³-hybridized carbons (Fsp3) is 0. The Morgan fingerprint density at radius 3 is 2.57 bits per heavy atom. The fourth-order valence-corrected chi connectivity index (χ4v) is 2.26. The van der Waals surface area contributed by atoms with Gasteiger partial charge in [0.25, 0.3) is 11.6 Å². The van der Waals surface area contributed by atoms with Crippen LogP contribution >= 0.6 is 22.6 Å². The molecule has 0 saturated heterocycles. The summed E-state index contributed by atoms with van der Waals surface area (Å²) in [6.07, 6.45) is 1.26. The van der Waals surface area contributed by atoms with E-state index in [9.17, 15) is 14.9 Å². The second-order valence-electron chi connectivity index (χ2n) is 3.99. The molecule has 106 valence electrons. The highest BCUT2D eigenvalue weighted by Gasteiger charge is 2.11. The molecule has 21 heavy (non-hydrogen) atoms. The Bertz CT molecular complexity index is 716. The third-order valence-corrected chi connectivity index (χ3v) is 3.56. The van der Waals surface area contributed by atoms with E-state index in [4.69, 9.17) is 0 Å². The Hall–Kier alpha value is -2.29.